The molecule has 66 heavy (non-hydrogen) atoms. The van der Waals surface area contributed by atoms with Gasteiger partial charge in [-0.25, -0.2) is 37.8 Å². The molecule has 4 N–H and O–H groups in total. The molecule has 1 aliphatic rings. The molecule has 0 bridgehead atoms. The minimum absolute atomic E-state index is 0.00673. The number of benzene rings is 2. The molecule has 1 fully saturated rings. The molecule has 1 aliphatic carbocycles. The van der Waals surface area contributed by atoms with E-state index < -0.39 is 75.0 Å². The second-order valence-electron chi connectivity index (χ2n) is 15.5. The van der Waals surface area contributed by atoms with Gasteiger partial charge < -0.3 is 38.2 Å². The van der Waals surface area contributed by atoms with Crippen LogP contribution in [-0.2, 0) is 58.5 Å². The Balaban J connectivity index is 1.50. The van der Waals surface area contributed by atoms with E-state index in [9.17, 15) is 47.9 Å². The summed E-state index contributed by atoms with van der Waals surface area (Å²) in [5.74, 6) is 3.97. The minimum atomic E-state index is -4.83. The third-order valence-corrected chi connectivity index (χ3v) is 12.8. The van der Waals surface area contributed by atoms with Gasteiger partial charge in [-0.2, -0.15) is 0 Å². The van der Waals surface area contributed by atoms with E-state index in [2.05, 4.69) is 20.9 Å². The van der Waals surface area contributed by atoms with E-state index in [0.29, 0.717) is 23.1 Å². The van der Waals surface area contributed by atoms with E-state index in [1.165, 1.54) is 23.4 Å². The Hall–Kier alpha value is -6.32. The minimum Gasteiger partial charge on any atom is -0.497 e. The second-order valence-corrected chi connectivity index (χ2v) is 18.0. The first kappa shape index (κ1) is 47.6. The molecule has 0 aliphatic heterocycles. The van der Waals surface area contributed by atoms with Gasteiger partial charge in [-0.1, -0.05) is 36.1 Å². The number of hydrogen-bond acceptors (Lipinski definition) is 12. The van der Waals surface area contributed by atoms with E-state index in [-0.39, 0.29) is 61.3 Å². The molecule has 7 rings (SSSR count). The highest BCUT2D eigenvalue weighted by molar-refractivity contribution is 7.46. The summed E-state index contributed by atoms with van der Waals surface area (Å²) in [7, 11) is -3.37. The summed E-state index contributed by atoms with van der Waals surface area (Å²) in [4.78, 5) is 104. The number of fused-ring (bicyclic) bond motifs is 2. The van der Waals surface area contributed by atoms with Crippen molar-refractivity contribution >= 4 is 38.0 Å². The molecule has 2 aromatic carbocycles. The van der Waals surface area contributed by atoms with Gasteiger partial charge in [0.05, 0.1) is 40.5 Å². The van der Waals surface area contributed by atoms with Crippen LogP contribution in [0.15, 0.2) is 67.7 Å². The normalized spacial score (nSPS) is 17.4. The molecule has 0 atom stereocenters. The second kappa shape index (κ2) is 18.9. The Morgan fingerprint density at radius 1 is 0.621 bits per heavy atom. The maximum atomic E-state index is 14.2. The first-order valence-corrected chi connectivity index (χ1v) is 23.4. The Kier molecular flexibility index (Phi) is 13.6. The van der Waals surface area contributed by atoms with Gasteiger partial charge in [0.15, 0.2) is 22.3 Å². The van der Waals surface area contributed by atoms with Crippen molar-refractivity contribution in [3.8, 4) is 36.2 Å². The van der Waals surface area contributed by atoms with Crippen molar-refractivity contribution in [3.63, 3.8) is 0 Å². The van der Waals surface area contributed by atoms with Crippen molar-refractivity contribution in [1.82, 2.24) is 37.4 Å². The smallest absolute Gasteiger partial charge is 0.469 e. The molecule has 6 aromatic rings. The van der Waals surface area contributed by atoms with Crippen LogP contribution in [0, 0.1) is 24.7 Å². The summed E-state index contributed by atoms with van der Waals surface area (Å²) in [6.07, 6.45) is 11.1. The summed E-state index contributed by atoms with van der Waals surface area (Å²) in [6.45, 7) is -1.93. The summed E-state index contributed by atoms with van der Waals surface area (Å²) < 4.78 is 50.9. The Morgan fingerprint density at radius 3 is 1.33 bits per heavy atom. The van der Waals surface area contributed by atoms with Gasteiger partial charge in [0.2, 0.25) is 0 Å². The molecule has 0 unspecified atom stereocenters. The van der Waals surface area contributed by atoms with Gasteiger partial charge in [-0.3, -0.25) is 27.8 Å². The zero-order valence-corrected chi connectivity index (χ0v) is 37.9. The fourth-order valence-electron chi connectivity index (χ4n) is 8.95. The van der Waals surface area contributed by atoms with Crippen molar-refractivity contribution in [2.24, 2.45) is 14.1 Å². The number of hydrogen-bond donors (Lipinski definition) is 4. The van der Waals surface area contributed by atoms with Gasteiger partial charge in [0.1, 0.15) is 23.1 Å². The molecule has 0 spiro atoms. The van der Waals surface area contributed by atoms with E-state index in [0.717, 1.165) is 20.3 Å². The zero-order valence-electron chi connectivity index (χ0n) is 36.1. The van der Waals surface area contributed by atoms with Crippen molar-refractivity contribution in [2.45, 2.75) is 62.7 Å². The molecule has 0 saturated heterocycles. The summed E-state index contributed by atoms with van der Waals surface area (Å²) in [5, 5.41) is 0. The van der Waals surface area contributed by atoms with Crippen molar-refractivity contribution < 1.29 is 47.2 Å². The predicted octanol–water partition coefficient (Wildman–Crippen LogP) is 1.84. The zero-order chi connectivity index (χ0) is 47.8. The van der Waals surface area contributed by atoms with Gasteiger partial charge >= 0.3 is 27.0 Å². The van der Waals surface area contributed by atoms with Crippen molar-refractivity contribution in [2.75, 3.05) is 27.4 Å². The highest BCUT2D eigenvalue weighted by Crippen LogP contribution is 2.66. The summed E-state index contributed by atoms with van der Waals surface area (Å²) in [6, 6.07) is 14.6. The number of imidazole rings is 2. The van der Waals surface area contributed by atoms with Crippen LogP contribution in [0.2, 0.25) is 0 Å². The lowest BCUT2D eigenvalue weighted by Gasteiger charge is -2.52. The number of rotatable bonds is 18. The van der Waals surface area contributed by atoms with Crippen LogP contribution in [0.3, 0.4) is 0 Å². The monoisotopic (exact) mass is 948 g/mol. The van der Waals surface area contributed by atoms with Crippen LogP contribution >= 0.6 is 15.6 Å². The predicted molar refractivity (Wildman–Crippen MR) is 238 cm³/mol. The average Bonchev–Trinajstić information content (AvgIpc) is 3.77. The Morgan fingerprint density at radius 2 is 1.00 bits per heavy atom. The highest BCUT2D eigenvalue weighted by Gasteiger charge is 2.57. The standard InChI is InChI=1S/C42H46N8O14P2/c1-7-17-49-39(51)33-37(47(41(49)53)19-11-21-63-65(55,56)57)43-35(45(33)3)31-29(25-13-9-15-27(23-25)61-5)32(30(31)26-14-10-16-28(24-26)62-6)36-44-38-34(46(36)4)40(52)50(18-8-2)42(54)48(38)20-12-22-64-66(58,59)60/h1-2,9-10,13-16,23-24,29-32H,11-12,17-22H2,3-6H3,(H2,55,56,57)(H2,58,59,60). The average molecular weight is 949 g/mol. The van der Waals surface area contributed by atoms with Gasteiger partial charge in [0.25, 0.3) is 11.1 Å². The molecule has 348 valence electrons. The van der Waals surface area contributed by atoms with Crippen LogP contribution in [-0.4, -0.2) is 84.4 Å². The molecule has 4 aromatic heterocycles. The molecule has 0 amide bonds. The number of methoxy groups -OCH3 is 2. The number of ether oxygens (including phenoxy) is 2. The van der Waals surface area contributed by atoms with Crippen LogP contribution < -0.4 is 32.0 Å². The Labute approximate surface area is 375 Å². The fourth-order valence-corrected chi connectivity index (χ4v) is 9.68. The lowest BCUT2D eigenvalue weighted by Crippen LogP contribution is -2.42. The summed E-state index contributed by atoms with van der Waals surface area (Å²) in [5.41, 5.74) is -1.51. The van der Waals surface area contributed by atoms with Crippen molar-refractivity contribution in [1.29, 1.82) is 0 Å². The number of aryl methyl sites for hydroxylation is 4. The van der Waals surface area contributed by atoms with E-state index in [1.807, 2.05) is 24.3 Å². The number of nitrogens with zero attached hydrogens (tertiary/aromatic N) is 8. The first-order chi connectivity index (χ1) is 31.3. The quantitative estimate of drug-likeness (QED) is 0.0544. The lowest BCUT2D eigenvalue weighted by atomic mass is 9.52. The maximum absolute atomic E-state index is 14.2. The molecular weight excluding hydrogens is 902 g/mol. The van der Waals surface area contributed by atoms with E-state index in [4.69, 9.17) is 32.3 Å². The van der Waals surface area contributed by atoms with Crippen LogP contribution in [0.4, 0.5) is 0 Å². The maximum Gasteiger partial charge on any atom is 0.469 e. The van der Waals surface area contributed by atoms with Crippen LogP contribution in [0.1, 0.15) is 59.3 Å². The Bertz CT molecular complexity index is 3060. The number of terminal acetylenes is 2. The SMILES string of the molecule is C#CCn1c(=O)c2c(nc(C3C(c4cccc(OC)c4)C(c4nc5c(c(=O)n(CC#C)c(=O)n5CCCOP(=O)(O)O)n4C)C3c3cccc(OC)c3)n2C)n(CCCOP(=O)(O)O)c1=O. The molecule has 1 saturated carbocycles. The summed E-state index contributed by atoms with van der Waals surface area (Å²) >= 11 is 0. The molecule has 24 heteroatoms. The van der Waals surface area contributed by atoms with Gasteiger partial charge in [-0.05, 0) is 48.2 Å². The number of phosphoric acid groups is 2. The number of phosphoric ester groups is 2. The third kappa shape index (κ3) is 8.98. The van der Waals surface area contributed by atoms with Gasteiger partial charge in [-0.15, -0.1) is 12.8 Å². The largest absolute Gasteiger partial charge is 0.497 e. The lowest BCUT2D eigenvalue weighted by molar-refractivity contribution is 0.190. The molecule has 22 nitrogen and oxygen atoms in total. The molecule has 4 heterocycles. The van der Waals surface area contributed by atoms with Crippen LogP contribution in [0.25, 0.3) is 22.3 Å². The first-order valence-electron chi connectivity index (χ1n) is 20.3. The third-order valence-electron chi connectivity index (χ3n) is 11.7. The fraction of sp³-hybridized carbons (Fsp3) is 0.381. The van der Waals surface area contributed by atoms with Crippen molar-refractivity contribution in [3.05, 3.63) is 113 Å². The van der Waals surface area contributed by atoms with E-state index >= 15 is 0 Å². The highest BCUT2D eigenvalue weighted by atomic mass is 31.2. The van der Waals surface area contributed by atoms with E-state index in [1.54, 1.807) is 47.5 Å². The topological polar surface area (TPSA) is 276 Å². The number of aromatic nitrogens is 8. The van der Waals surface area contributed by atoms with Crippen LogP contribution in [0.5, 0.6) is 11.5 Å². The molecular formula is C42H46N8O14P2. The molecule has 0 radical (unpaired) electrons. The van der Waals surface area contributed by atoms with Gasteiger partial charge in [0, 0.05) is 50.9 Å².